The van der Waals surface area contributed by atoms with Gasteiger partial charge in [0.05, 0.1) is 5.56 Å². The summed E-state index contributed by atoms with van der Waals surface area (Å²) in [6.45, 7) is 0. The van der Waals surface area contributed by atoms with E-state index in [0.717, 1.165) is 67.7 Å². The van der Waals surface area contributed by atoms with E-state index in [-0.39, 0.29) is 10.8 Å². The number of allylic oxidation sites excluding steroid dienone is 1. The van der Waals surface area contributed by atoms with E-state index in [9.17, 15) is 15.8 Å². The number of fused-ring (bicyclic) bond motifs is 1. The van der Waals surface area contributed by atoms with Crippen molar-refractivity contribution in [3.63, 3.8) is 0 Å². The molecule has 1 saturated carbocycles. The molecule has 1 atom stereocenters. The van der Waals surface area contributed by atoms with Crippen molar-refractivity contribution in [2.24, 2.45) is 0 Å². The molecule has 0 bridgehead atoms. The maximum absolute atomic E-state index is 9.50. The highest BCUT2D eigenvalue weighted by molar-refractivity contribution is 8.00. The van der Waals surface area contributed by atoms with Crippen LogP contribution in [0.4, 0.5) is 0 Å². The van der Waals surface area contributed by atoms with Gasteiger partial charge >= 0.3 is 0 Å². The molecule has 1 fully saturated rings. The van der Waals surface area contributed by atoms with Crippen molar-refractivity contribution in [2.75, 3.05) is 0 Å². The lowest BCUT2D eigenvalue weighted by Crippen LogP contribution is -2.15. The zero-order chi connectivity index (χ0) is 16.9. The van der Waals surface area contributed by atoms with E-state index < -0.39 is 0 Å². The summed E-state index contributed by atoms with van der Waals surface area (Å²) in [6.07, 6.45) is 8.11. The van der Waals surface area contributed by atoms with Crippen LogP contribution in [0.3, 0.4) is 0 Å². The van der Waals surface area contributed by atoms with E-state index in [1.165, 1.54) is 5.56 Å². The average Bonchev–Trinajstić information content (AvgIpc) is 2.63. The first-order valence-corrected chi connectivity index (χ1v) is 9.27. The molecule has 0 aliphatic heterocycles. The Labute approximate surface area is 146 Å². The van der Waals surface area contributed by atoms with Gasteiger partial charge in [-0.25, -0.2) is 4.98 Å². The van der Waals surface area contributed by atoms with Crippen LogP contribution in [0, 0.1) is 34.0 Å². The molecule has 24 heavy (non-hydrogen) atoms. The molecule has 120 valence electrons. The van der Waals surface area contributed by atoms with Gasteiger partial charge in [-0.15, -0.1) is 0 Å². The second-order valence-electron chi connectivity index (χ2n) is 6.24. The van der Waals surface area contributed by atoms with Crippen LogP contribution in [0.5, 0.6) is 0 Å². The predicted octanol–water partition coefficient (Wildman–Crippen LogP) is 4.21. The van der Waals surface area contributed by atoms with Crippen LogP contribution >= 0.6 is 11.8 Å². The van der Waals surface area contributed by atoms with Crippen LogP contribution in [0.25, 0.3) is 0 Å². The van der Waals surface area contributed by atoms with Crippen molar-refractivity contribution in [3.8, 4) is 18.2 Å². The molecule has 1 unspecified atom stereocenters. The van der Waals surface area contributed by atoms with E-state index in [1.54, 1.807) is 11.8 Å². The minimum absolute atomic E-state index is 0.0780. The van der Waals surface area contributed by atoms with Crippen LogP contribution in [0.2, 0.25) is 0 Å². The normalized spacial score (nSPS) is 19.5. The molecule has 5 heteroatoms. The highest BCUT2D eigenvalue weighted by Crippen LogP contribution is 2.39. The Balaban J connectivity index is 1.95. The number of hydrogen-bond donors (Lipinski definition) is 0. The maximum atomic E-state index is 9.50. The number of nitrogens with zero attached hydrogens (tertiary/aromatic N) is 4. The predicted molar refractivity (Wildman–Crippen MR) is 92.0 cm³/mol. The summed E-state index contributed by atoms with van der Waals surface area (Å²) in [5, 5.41) is 28.8. The molecule has 2 aliphatic rings. The molecule has 0 amide bonds. The third-order valence-electron chi connectivity index (χ3n) is 4.74. The molecule has 0 saturated heterocycles. The van der Waals surface area contributed by atoms with Gasteiger partial charge in [-0.05, 0) is 62.1 Å². The molecule has 1 aromatic heterocycles. The molecule has 1 aromatic rings. The Bertz CT molecular complexity index is 788. The van der Waals surface area contributed by atoms with Gasteiger partial charge in [0.2, 0.25) is 0 Å². The lowest BCUT2D eigenvalue weighted by molar-refractivity contribution is 0.606. The monoisotopic (exact) mass is 334 g/mol. The Kier molecular flexibility index (Phi) is 5.19. The van der Waals surface area contributed by atoms with Crippen LogP contribution in [0.15, 0.2) is 22.2 Å². The van der Waals surface area contributed by atoms with Crippen LogP contribution in [0.1, 0.15) is 55.3 Å². The van der Waals surface area contributed by atoms with Gasteiger partial charge in [0.15, 0.2) is 0 Å². The number of aromatic nitrogens is 1. The Hall–Kier alpha value is -2.29. The van der Waals surface area contributed by atoms with Crippen LogP contribution in [-0.2, 0) is 12.8 Å². The zero-order valence-corrected chi connectivity index (χ0v) is 14.3. The van der Waals surface area contributed by atoms with Crippen LogP contribution < -0.4 is 0 Å². The molecule has 0 N–H and O–H groups in total. The average molecular weight is 334 g/mol. The lowest BCUT2D eigenvalue weighted by Gasteiger charge is -2.25. The molecule has 3 rings (SSSR count). The first-order chi connectivity index (χ1) is 11.8. The number of hydrogen-bond acceptors (Lipinski definition) is 5. The van der Waals surface area contributed by atoms with Gasteiger partial charge in [-0.3, -0.25) is 0 Å². The molecular formula is C19H18N4S. The summed E-state index contributed by atoms with van der Waals surface area (Å²) in [5.74, 6) is 0. The standard InChI is InChI=1S/C19H18N4S/c20-10-14-9-13-5-1-3-7-17(13)23-19(14)24-18-8-4-2-6-16(18)15(11-21)12-22/h9,18H,1-8H2. The molecule has 4 nitrogen and oxygen atoms in total. The minimum atomic E-state index is 0.0780. The number of aryl methyl sites for hydroxylation is 2. The molecule has 0 radical (unpaired) electrons. The van der Waals surface area contributed by atoms with Crippen molar-refractivity contribution in [1.82, 2.24) is 4.98 Å². The molecule has 0 spiro atoms. The molecule has 0 aromatic carbocycles. The van der Waals surface area contributed by atoms with Crippen molar-refractivity contribution < 1.29 is 0 Å². The summed E-state index contributed by atoms with van der Waals surface area (Å²) < 4.78 is 0. The van der Waals surface area contributed by atoms with Gasteiger partial charge in [0.1, 0.15) is 28.8 Å². The Morgan fingerprint density at radius 1 is 1.04 bits per heavy atom. The second kappa shape index (κ2) is 7.52. The Morgan fingerprint density at radius 3 is 2.54 bits per heavy atom. The fourth-order valence-corrected chi connectivity index (χ4v) is 4.81. The minimum Gasteiger partial charge on any atom is -0.245 e. The van der Waals surface area contributed by atoms with Crippen molar-refractivity contribution in [3.05, 3.63) is 34.0 Å². The topological polar surface area (TPSA) is 84.3 Å². The van der Waals surface area contributed by atoms with Gasteiger partial charge in [0, 0.05) is 10.9 Å². The SMILES string of the molecule is N#CC(C#N)=C1CCCCC1Sc1nc2c(cc1C#N)CCCC2. The van der Waals surface area contributed by atoms with Gasteiger partial charge in [0.25, 0.3) is 0 Å². The van der Waals surface area contributed by atoms with Crippen molar-refractivity contribution in [2.45, 2.75) is 61.6 Å². The summed E-state index contributed by atoms with van der Waals surface area (Å²) in [5.41, 5.74) is 4.12. The number of nitriles is 3. The quantitative estimate of drug-likeness (QED) is 0.756. The molecular weight excluding hydrogens is 316 g/mol. The second-order valence-corrected chi connectivity index (χ2v) is 7.43. The fourth-order valence-electron chi connectivity index (χ4n) is 3.48. The first kappa shape index (κ1) is 16.6. The summed E-state index contributed by atoms with van der Waals surface area (Å²) in [4.78, 5) is 4.78. The smallest absolute Gasteiger partial charge is 0.130 e. The third-order valence-corrected chi connectivity index (χ3v) is 6.08. The number of rotatable bonds is 2. The highest BCUT2D eigenvalue weighted by Gasteiger charge is 2.26. The van der Waals surface area contributed by atoms with E-state index in [4.69, 9.17) is 4.98 Å². The largest absolute Gasteiger partial charge is 0.245 e. The van der Waals surface area contributed by atoms with E-state index in [2.05, 4.69) is 6.07 Å². The van der Waals surface area contributed by atoms with Crippen molar-refractivity contribution >= 4 is 11.8 Å². The van der Waals surface area contributed by atoms with E-state index in [0.29, 0.717) is 5.56 Å². The van der Waals surface area contributed by atoms with Crippen LogP contribution in [-0.4, -0.2) is 10.2 Å². The maximum Gasteiger partial charge on any atom is 0.130 e. The molecule has 2 aliphatic carbocycles. The number of thioether (sulfide) groups is 1. The van der Waals surface area contributed by atoms with Crippen molar-refractivity contribution in [1.29, 1.82) is 15.8 Å². The fraction of sp³-hybridized carbons (Fsp3) is 0.474. The van der Waals surface area contributed by atoms with E-state index >= 15 is 0 Å². The first-order valence-electron chi connectivity index (χ1n) is 8.39. The van der Waals surface area contributed by atoms with Gasteiger partial charge in [-0.2, -0.15) is 15.8 Å². The van der Waals surface area contributed by atoms with Gasteiger partial charge < -0.3 is 0 Å². The Morgan fingerprint density at radius 2 is 1.79 bits per heavy atom. The third kappa shape index (κ3) is 3.30. The summed E-state index contributed by atoms with van der Waals surface area (Å²) in [7, 11) is 0. The molecule has 1 heterocycles. The summed E-state index contributed by atoms with van der Waals surface area (Å²) in [6, 6.07) is 8.34. The van der Waals surface area contributed by atoms with Gasteiger partial charge in [-0.1, -0.05) is 18.2 Å². The number of pyridine rings is 1. The highest BCUT2D eigenvalue weighted by atomic mass is 32.2. The van der Waals surface area contributed by atoms with E-state index in [1.807, 2.05) is 18.2 Å². The zero-order valence-electron chi connectivity index (χ0n) is 13.5. The summed E-state index contributed by atoms with van der Waals surface area (Å²) >= 11 is 1.56. The lowest BCUT2D eigenvalue weighted by atomic mass is 9.91.